The van der Waals surface area contributed by atoms with Crippen LogP contribution in [0.15, 0.2) is 73.1 Å². The number of carbonyl (C=O) groups is 1. The van der Waals surface area contributed by atoms with Crippen molar-refractivity contribution < 1.29 is 13.9 Å². The predicted molar refractivity (Wildman–Crippen MR) is 119 cm³/mol. The minimum atomic E-state index is -0.263. The number of benzene rings is 2. The summed E-state index contributed by atoms with van der Waals surface area (Å²) >= 11 is 0. The number of nitrogens with one attached hydrogen (secondary N) is 2. The molecule has 0 bridgehead atoms. The fraction of sp³-hybridized carbons (Fsp3) is 0.250. The van der Waals surface area contributed by atoms with E-state index in [2.05, 4.69) is 15.6 Å². The zero-order valence-electron chi connectivity index (χ0n) is 17.1. The molecule has 2 aromatic carbocycles. The van der Waals surface area contributed by atoms with Crippen LogP contribution in [0.1, 0.15) is 18.4 Å². The van der Waals surface area contributed by atoms with Gasteiger partial charge in [-0.25, -0.2) is 9.18 Å². The lowest BCUT2D eigenvalue weighted by atomic mass is 10.0. The lowest BCUT2D eigenvalue weighted by Crippen LogP contribution is -2.44. The van der Waals surface area contributed by atoms with Gasteiger partial charge in [0.15, 0.2) is 0 Å². The average Bonchev–Trinajstić information content (AvgIpc) is 2.80. The van der Waals surface area contributed by atoms with E-state index in [1.165, 1.54) is 12.1 Å². The molecule has 6 nitrogen and oxygen atoms in total. The van der Waals surface area contributed by atoms with Crippen molar-refractivity contribution in [1.29, 1.82) is 0 Å². The van der Waals surface area contributed by atoms with Crippen LogP contribution in [-0.4, -0.2) is 35.0 Å². The summed E-state index contributed by atoms with van der Waals surface area (Å²) in [6, 6.07) is 18.0. The van der Waals surface area contributed by atoms with E-state index in [0.29, 0.717) is 31.4 Å². The van der Waals surface area contributed by atoms with Gasteiger partial charge in [0.2, 0.25) is 0 Å². The summed E-state index contributed by atoms with van der Waals surface area (Å²) < 4.78 is 19.0. The second kappa shape index (κ2) is 9.93. The first-order valence-electron chi connectivity index (χ1n) is 10.4. The van der Waals surface area contributed by atoms with Crippen molar-refractivity contribution in [2.24, 2.45) is 0 Å². The fourth-order valence-electron chi connectivity index (χ4n) is 3.54. The number of urea groups is 1. The summed E-state index contributed by atoms with van der Waals surface area (Å²) in [7, 11) is 0. The molecule has 0 atom stereocenters. The summed E-state index contributed by atoms with van der Waals surface area (Å²) in [5.41, 5.74) is 2.50. The van der Waals surface area contributed by atoms with Crippen molar-refractivity contribution in [2.45, 2.75) is 25.5 Å². The quantitative estimate of drug-likeness (QED) is 0.595. The molecule has 0 saturated carbocycles. The maximum Gasteiger partial charge on any atom is 0.321 e. The van der Waals surface area contributed by atoms with Crippen molar-refractivity contribution >= 4 is 17.4 Å². The Morgan fingerprint density at radius 3 is 2.58 bits per heavy atom. The molecule has 0 unspecified atom stereocenters. The van der Waals surface area contributed by atoms with Crippen molar-refractivity contribution in [2.75, 3.05) is 23.7 Å². The Morgan fingerprint density at radius 1 is 1.06 bits per heavy atom. The van der Waals surface area contributed by atoms with Crippen molar-refractivity contribution in [1.82, 2.24) is 9.88 Å². The molecule has 1 fully saturated rings. The Balaban J connectivity index is 1.22. The lowest BCUT2D eigenvalue weighted by Gasteiger charge is -2.32. The van der Waals surface area contributed by atoms with Gasteiger partial charge in [0.1, 0.15) is 18.2 Å². The third kappa shape index (κ3) is 5.94. The maximum absolute atomic E-state index is 13.2. The number of aromatic nitrogens is 1. The molecule has 1 aromatic heterocycles. The molecule has 3 aromatic rings. The lowest BCUT2D eigenvalue weighted by molar-refractivity contribution is 0.197. The SMILES string of the molecule is O=C(Nc1cccnc1)N1CCC(Nc2ccc(OCc3cccc(F)c3)cc2)CC1. The molecule has 7 heteroatoms. The Labute approximate surface area is 181 Å². The number of carbonyl (C=O) groups excluding carboxylic acids is 1. The van der Waals surface area contributed by atoms with E-state index in [-0.39, 0.29) is 11.8 Å². The highest BCUT2D eigenvalue weighted by Gasteiger charge is 2.22. The minimum Gasteiger partial charge on any atom is -0.489 e. The van der Waals surface area contributed by atoms with E-state index in [0.717, 1.165) is 29.8 Å². The molecular weight excluding hydrogens is 395 g/mol. The van der Waals surface area contributed by atoms with Crippen LogP contribution in [0.5, 0.6) is 5.75 Å². The molecule has 1 aliphatic heterocycles. The Bertz CT molecular complexity index is 990. The molecule has 0 radical (unpaired) electrons. The number of amides is 2. The highest BCUT2D eigenvalue weighted by Crippen LogP contribution is 2.21. The van der Waals surface area contributed by atoms with E-state index >= 15 is 0 Å². The number of anilines is 2. The highest BCUT2D eigenvalue weighted by molar-refractivity contribution is 5.89. The van der Waals surface area contributed by atoms with Gasteiger partial charge in [0.05, 0.1) is 11.9 Å². The molecule has 160 valence electrons. The monoisotopic (exact) mass is 420 g/mol. The van der Waals surface area contributed by atoms with Crippen LogP contribution >= 0.6 is 0 Å². The second-order valence-electron chi connectivity index (χ2n) is 7.52. The third-order valence-electron chi connectivity index (χ3n) is 5.21. The van der Waals surface area contributed by atoms with Gasteiger partial charge < -0.3 is 20.3 Å². The van der Waals surface area contributed by atoms with Crippen molar-refractivity contribution in [3.63, 3.8) is 0 Å². The molecule has 0 aliphatic carbocycles. The second-order valence-corrected chi connectivity index (χ2v) is 7.52. The number of nitrogens with zero attached hydrogens (tertiary/aromatic N) is 2. The van der Waals surface area contributed by atoms with Crippen LogP contribution in [0.3, 0.4) is 0 Å². The molecule has 1 saturated heterocycles. The van der Waals surface area contributed by atoms with E-state index < -0.39 is 0 Å². The van der Waals surface area contributed by atoms with Gasteiger partial charge in [0.25, 0.3) is 0 Å². The van der Waals surface area contributed by atoms with Crippen molar-refractivity contribution in [3.05, 3.63) is 84.4 Å². The average molecular weight is 420 g/mol. The van der Waals surface area contributed by atoms with Gasteiger partial charge in [-0.2, -0.15) is 0 Å². The van der Waals surface area contributed by atoms with E-state index in [4.69, 9.17) is 4.74 Å². The third-order valence-corrected chi connectivity index (χ3v) is 5.21. The number of hydrogen-bond donors (Lipinski definition) is 2. The summed E-state index contributed by atoms with van der Waals surface area (Å²) in [6.07, 6.45) is 5.06. The number of pyridine rings is 1. The Hall–Kier alpha value is -3.61. The van der Waals surface area contributed by atoms with Gasteiger partial charge in [-0.15, -0.1) is 0 Å². The Morgan fingerprint density at radius 2 is 1.87 bits per heavy atom. The van der Waals surface area contributed by atoms with Crippen LogP contribution in [0, 0.1) is 5.82 Å². The molecule has 0 spiro atoms. The van der Waals surface area contributed by atoms with Crippen LogP contribution in [0.4, 0.5) is 20.6 Å². The van der Waals surface area contributed by atoms with Gasteiger partial charge in [-0.3, -0.25) is 4.98 Å². The molecule has 31 heavy (non-hydrogen) atoms. The van der Waals surface area contributed by atoms with E-state index in [1.807, 2.05) is 41.3 Å². The molecular formula is C24H25FN4O2. The normalized spacial score (nSPS) is 14.2. The van der Waals surface area contributed by atoms with Crippen molar-refractivity contribution in [3.8, 4) is 5.75 Å². The predicted octanol–water partition coefficient (Wildman–Crippen LogP) is 4.91. The first kappa shape index (κ1) is 20.7. The van der Waals surface area contributed by atoms with E-state index in [1.54, 1.807) is 24.5 Å². The molecule has 2 N–H and O–H groups in total. The van der Waals surface area contributed by atoms with Crippen LogP contribution in [-0.2, 0) is 6.61 Å². The molecule has 1 aliphatic rings. The topological polar surface area (TPSA) is 66.5 Å². The zero-order chi connectivity index (χ0) is 21.5. The standard InChI is InChI=1S/C24H25FN4O2/c25-19-4-1-3-18(15-19)17-31-23-8-6-20(7-9-23)27-21-10-13-29(14-11-21)24(30)28-22-5-2-12-26-16-22/h1-9,12,15-16,21,27H,10-11,13-14,17H2,(H,28,30). The van der Waals surface area contributed by atoms with Gasteiger partial charge >= 0.3 is 6.03 Å². The van der Waals surface area contributed by atoms with Crippen LogP contribution in [0.25, 0.3) is 0 Å². The zero-order valence-corrected chi connectivity index (χ0v) is 17.1. The Kier molecular flexibility index (Phi) is 6.62. The number of halogens is 1. The maximum atomic E-state index is 13.2. The largest absolute Gasteiger partial charge is 0.489 e. The summed E-state index contributed by atoms with van der Waals surface area (Å²) in [5, 5.41) is 6.40. The highest BCUT2D eigenvalue weighted by atomic mass is 19.1. The number of ether oxygens (including phenoxy) is 1. The molecule has 2 amide bonds. The van der Waals surface area contributed by atoms with Gasteiger partial charge in [0, 0.05) is 31.0 Å². The summed E-state index contributed by atoms with van der Waals surface area (Å²) in [4.78, 5) is 18.2. The smallest absolute Gasteiger partial charge is 0.321 e. The number of hydrogen-bond acceptors (Lipinski definition) is 4. The first-order valence-corrected chi connectivity index (χ1v) is 10.4. The number of likely N-dealkylation sites (tertiary alicyclic amines) is 1. The molecule has 2 heterocycles. The minimum absolute atomic E-state index is 0.0914. The summed E-state index contributed by atoms with van der Waals surface area (Å²) in [6.45, 7) is 1.71. The van der Waals surface area contributed by atoms with Gasteiger partial charge in [-0.05, 0) is 66.9 Å². The van der Waals surface area contributed by atoms with E-state index in [9.17, 15) is 9.18 Å². The van der Waals surface area contributed by atoms with Gasteiger partial charge in [-0.1, -0.05) is 12.1 Å². The summed E-state index contributed by atoms with van der Waals surface area (Å²) in [5.74, 6) is 0.470. The first-order chi connectivity index (χ1) is 15.2. The molecule has 4 rings (SSSR count). The number of rotatable bonds is 6. The fourth-order valence-corrected chi connectivity index (χ4v) is 3.54. The van der Waals surface area contributed by atoms with Crippen LogP contribution in [0.2, 0.25) is 0 Å². The number of piperidine rings is 1. The van der Waals surface area contributed by atoms with Crippen LogP contribution < -0.4 is 15.4 Å².